The Morgan fingerprint density at radius 2 is 0.569 bits per heavy atom. The third-order valence-corrected chi connectivity index (χ3v) is 11.1. The summed E-state index contributed by atoms with van der Waals surface area (Å²) < 4.78 is 0. The van der Waals surface area contributed by atoms with Gasteiger partial charge in [-0.1, -0.05) is 83.1 Å². The Kier molecular flexibility index (Phi) is 11.6. The zero-order valence-electron chi connectivity index (χ0n) is 34.5. The Labute approximate surface area is 310 Å². The first-order chi connectivity index (χ1) is 23.5. The average molecular weight is 691 g/mol. The molecule has 0 unspecified atom stereocenters. The number of benzene rings is 4. The molecule has 4 aromatic rings. The lowest BCUT2D eigenvalue weighted by Gasteiger charge is -2.32. The summed E-state index contributed by atoms with van der Waals surface area (Å²) in [7, 11) is 0. The summed E-state index contributed by atoms with van der Waals surface area (Å²) in [4.78, 5) is 0. The number of hydrogen-bond donors (Lipinski definition) is 3. The monoisotopic (exact) mass is 691 g/mol. The molecule has 0 heterocycles. The molecule has 3 nitrogen and oxygen atoms in total. The summed E-state index contributed by atoms with van der Waals surface area (Å²) in [5, 5.41) is 32.3. The van der Waals surface area contributed by atoms with E-state index in [4.69, 9.17) is 0 Å². The summed E-state index contributed by atoms with van der Waals surface area (Å²) in [5.74, 6) is 0.973. The fourth-order valence-electron chi connectivity index (χ4n) is 8.65. The van der Waals surface area contributed by atoms with Gasteiger partial charge in [0, 0.05) is 0 Å². The standard InChI is InChI=1S/C48H66O3/c1-16-34-40(25-37-28(4)19-31(49)22-43(37)46(7,8)9)35(17-2)42(27-39-30(6)21-33(51)24-45(39)48(13,14)15)36(18-3)41(34)26-38-29(5)20-32(50)23-44(38)47(10,11)12/h19-24,49-51H,16-18,25-27H2,1-15H3. The van der Waals surface area contributed by atoms with Gasteiger partial charge in [-0.3, -0.25) is 0 Å². The summed E-state index contributed by atoms with van der Waals surface area (Å²) >= 11 is 0. The Morgan fingerprint density at radius 3 is 0.745 bits per heavy atom. The van der Waals surface area contributed by atoms with Gasteiger partial charge in [-0.15, -0.1) is 0 Å². The largest absolute Gasteiger partial charge is 0.508 e. The fraction of sp³-hybridized carbons (Fsp3) is 0.500. The molecule has 4 rings (SSSR count). The number of phenolic OH excluding ortho intramolecular Hbond substituents is 3. The van der Waals surface area contributed by atoms with Crippen LogP contribution in [0.4, 0.5) is 0 Å². The van der Waals surface area contributed by atoms with Crippen LogP contribution in [0.25, 0.3) is 0 Å². The van der Waals surface area contributed by atoms with E-state index in [-0.39, 0.29) is 16.2 Å². The second-order valence-corrected chi connectivity index (χ2v) is 18.1. The number of phenols is 3. The topological polar surface area (TPSA) is 60.7 Å². The van der Waals surface area contributed by atoms with Gasteiger partial charge >= 0.3 is 0 Å². The van der Waals surface area contributed by atoms with Crippen LogP contribution >= 0.6 is 0 Å². The predicted molar refractivity (Wildman–Crippen MR) is 218 cm³/mol. The number of rotatable bonds is 9. The summed E-state index contributed by atoms with van der Waals surface area (Å²) in [6, 6.07) is 11.7. The zero-order chi connectivity index (χ0) is 38.4. The molecule has 51 heavy (non-hydrogen) atoms. The molecule has 4 aromatic carbocycles. The number of aromatic hydroxyl groups is 3. The smallest absolute Gasteiger partial charge is 0.116 e. The molecule has 0 spiro atoms. The molecule has 0 saturated carbocycles. The van der Waals surface area contributed by atoms with Crippen molar-refractivity contribution in [2.45, 2.75) is 159 Å². The molecule has 3 N–H and O–H groups in total. The third kappa shape index (κ3) is 8.34. The Morgan fingerprint density at radius 1 is 0.353 bits per heavy atom. The Bertz CT molecular complexity index is 1680. The van der Waals surface area contributed by atoms with E-state index < -0.39 is 0 Å². The third-order valence-electron chi connectivity index (χ3n) is 11.1. The van der Waals surface area contributed by atoms with E-state index in [1.807, 2.05) is 36.4 Å². The van der Waals surface area contributed by atoms with Crippen molar-refractivity contribution in [1.29, 1.82) is 0 Å². The van der Waals surface area contributed by atoms with Crippen LogP contribution in [-0.2, 0) is 54.8 Å². The molecule has 3 heteroatoms. The second kappa shape index (κ2) is 14.7. The lowest BCUT2D eigenvalue weighted by atomic mass is 9.73. The van der Waals surface area contributed by atoms with Gasteiger partial charge in [-0.25, -0.2) is 0 Å². The van der Waals surface area contributed by atoms with E-state index in [0.717, 1.165) is 55.2 Å². The fourth-order valence-corrected chi connectivity index (χ4v) is 8.65. The first-order valence-corrected chi connectivity index (χ1v) is 19.2. The minimum Gasteiger partial charge on any atom is -0.508 e. The molecule has 0 aliphatic heterocycles. The molecule has 0 amide bonds. The van der Waals surface area contributed by atoms with E-state index in [1.165, 1.54) is 66.8 Å². The molecule has 0 saturated heterocycles. The lowest BCUT2D eigenvalue weighted by molar-refractivity contribution is 0.469. The molecule has 0 radical (unpaired) electrons. The van der Waals surface area contributed by atoms with Crippen LogP contribution in [0.5, 0.6) is 17.2 Å². The number of aryl methyl sites for hydroxylation is 3. The van der Waals surface area contributed by atoms with Gasteiger partial charge < -0.3 is 15.3 Å². The normalized spacial score (nSPS) is 12.5. The first-order valence-electron chi connectivity index (χ1n) is 19.2. The van der Waals surface area contributed by atoms with E-state index >= 15 is 0 Å². The van der Waals surface area contributed by atoms with Gasteiger partial charge in [0.05, 0.1) is 0 Å². The molecular formula is C48H66O3. The highest BCUT2D eigenvalue weighted by molar-refractivity contribution is 5.60. The quantitative estimate of drug-likeness (QED) is 0.164. The SMILES string of the molecule is CCc1c(Cc2c(C)cc(O)cc2C(C)(C)C)c(CC)c(Cc2c(C)cc(O)cc2C(C)(C)C)c(CC)c1Cc1c(C)cc(O)cc1C(C)(C)C. The molecule has 0 bridgehead atoms. The Hall–Kier alpha value is -3.72. The van der Waals surface area contributed by atoms with E-state index in [2.05, 4.69) is 104 Å². The van der Waals surface area contributed by atoms with Crippen molar-refractivity contribution in [1.82, 2.24) is 0 Å². The van der Waals surface area contributed by atoms with E-state index in [9.17, 15) is 15.3 Å². The van der Waals surface area contributed by atoms with Crippen LogP contribution in [-0.4, -0.2) is 15.3 Å². The molecule has 0 fully saturated rings. The highest BCUT2D eigenvalue weighted by Gasteiger charge is 2.29. The molecular weight excluding hydrogens is 625 g/mol. The van der Waals surface area contributed by atoms with Crippen molar-refractivity contribution >= 4 is 0 Å². The number of hydrogen-bond acceptors (Lipinski definition) is 3. The first kappa shape index (κ1) is 40.1. The maximum Gasteiger partial charge on any atom is 0.116 e. The highest BCUT2D eigenvalue weighted by atomic mass is 16.3. The molecule has 0 aliphatic rings. The predicted octanol–water partition coefficient (Wildman–Crippen LogP) is 12.1. The van der Waals surface area contributed by atoms with Crippen LogP contribution in [0.1, 0.15) is 167 Å². The van der Waals surface area contributed by atoms with Crippen molar-refractivity contribution in [3.8, 4) is 17.2 Å². The van der Waals surface area contributed by atoms with Gasteiger partial charge in [0.15, 0.2) is 0 Å². The van der Waals surface area contributed by atoms with Crippen molar-refractivity contribution < 1.29 is 15.3 Å². The van der Waals surface area contributed by atoms with Gasteiger partial charge in [0.2, 0.25) is 0 Å². The van der Waals surface area contributed by atoms with Gasteiger partial charge in [0.25, 0.3) is 0 Å². The summed E-state index contributed by atoms with van der Waals surface area (Å²) in [5.41, 5.74) is 19.0. The summed E-state index contributed by atoms with van der Waals surface area (Å²) in [6.07, 6.45) is 5.16. The zero-order valence-corrected chi connectivity index (χ0v) is 34.5. The van der Waals surface area contributed by atoms with Crippen LogP contribution < -0.4 is 0 Å². The van der Waals surface area contributed by atoms with Crippen LogP contribution in [0.3, 0.4) is 0 Å². The van der Waals surface area contributed by atoms with Crippen molar-refractivity contribution in [2.75, 3.05) is 0 Å². The maximum atomic E-state index is 10.8. The van der Waals surface area contributed by atoms with E-state index in [1.54, 1.807) is 0 Å². The van der Waals surface area contributed by atoms with Crippen LogP contribution in [0, 0.1) is 20.8 Å². The molecule has 0 aromatic heterocycles. The molecule has 0 atom stereocenters. The minimum absolute atomic E-state index is 0.137. The van der Waals surface area contributed by atoms with Gasteiger partial charge in [-0.2, -0.15) is 0 Å². The maximum absolute atomic E-state index is 10.8. The average Bonchev–Trinajstić information content (AvgIpc) is 2.99. The lowest BCUT2D eigenvalue weighted by Crippen LogP contribution is -2.21. The van der Waals surface area contributed by atoms with Crippen molar-refractivity contribution in [3.63, 3.8) is 0 Å². The Balaban J connectivity index is 2.19. The van der Waals surface area contributed by atoms with E-state index in [0.29, 0.717) is 17.2 Å². The van der Waals surface area contributed by atoms with Gasteiger partial charge in [-0.05, 0) is 195 Å². The minimum atomic E-state index is -0.137. The second-order valence-electron chi connectivity index (χ2n) is 18.1. The van der Waals surface area contributed by atoms with Crippen LogP contribution in [0.2, 0.25) is 0 Å². The van der Waals surface area contributed by atoms with Crippen molar-refractivity contribution in [3.05, 3.63) is 120 Å². The molecule has 276 valence electrons. The van der Waals surface area contributed by atoms with Crippen molar-refractivity contribution in [2.24, 2.45) is 0 Å². The molecule has 0 aliphatic carbocycles. The van der Waals surface area contributed by atoms with Crippen LogP contribution in [0.15, 0.2) is 36.4 Å². The summed E-state index contributed by atoms with van der Waals surface area (Å²) in [6.45, 7) is 33.6. The highest BCUT2D eigenvalue weighted by Crippen LogP contribution is 2.42. The van der Waals surface area contributed by atoms with Gasteiger partial charge in [0.1, 0.15) is 17.2 Å².